The third-order valence-corrected chi connectivity index (χ3v) is 3.36. The van der Waals surface area contributed by atoms with Crippen LogP contribution >= 0.6 is 0 Å². The highest BCUT2D eigenvalue weighted by Gasteiger charge is 2.12. The number of aromatic nitrogens is 4. The van der Waals surface area contributed by atoms with E-state index in [-0.39, 0.29) is 0 Å². The van der Waals surface area contributed by atoms with Gasteiger partial charge in [-0.25, -0.2) is 14.4 Å². The molecule has 0 saturated heterocycles. The largest absolute Gasteiger partial charge is 0.497 e. The normalized spacial score (nSPS) is 10.6. The smallest absolute Gasteiger partial charge is 0.227 e. The summed E-state index contributed by atoms with van der Waals surface area (Å²) in [5.41, 5.74) is 2.48. The Morgan fingerprint density at radius 1 is 1.26 bits per heavy atom. The van der Waals surface area contributed by atoms with Gasteiger partial charge in [-0.15, -0.1) is 0 Å². The van der Waals surface area contributed by atoms with Crippen molar-refractivity contribution >= 4 is 11.6 Å². The van der Waals surface area contributed by atoms with Crippen molar-refractivity contribution < 1.29 is 9.13 Å². The van der Waals surface area contributed by atoms with Crippen LogP contribution in [0.3, 0.4) is 0 Å². The summed E-state index contributed by atoms with van der Waals surface area (Å²) in [5, 5.41) is 7.12. The van der Waals surface area contributed by atoms with Crippen LogP contribution in [0.25, 0.3) is 11.3 Å². The lowest BCUT2D eigenvalue weighted by atomic mass is 10.1. The minimum absolute atomic E-state index is 0.383. The van der Waals surface area contributed by atoms with E-state index in [0.717, 1.165) is 11.3 Å². The molecule has 0 unspecified atom stereocenters. The van der Waals surface area contributed by atoms with E-state index in [1.807, 2.05) is 14.0 Å². The van der Waals surface area contributed by atoms with Gasteiger partial charge in [0.15, 0.2) is 0 Å². The SMILES string of the molecule is COc1ccc(-c2nc(Nc3cnn(C)c3)ncc2C)c(F)c1. The molecule has 118 valence electrons. The molecule has 1 N–H and O–H groups in total. The zero-order valence-corrected chi connectivity index (χ0v) is 13.0. The number of aryl methyl sites for hydroxylation is 2. The van der Waals surface area contributed by atoms with Gasteiger partial charge >= 0.3 is 0 Å². The molecule has 3 rings (SSSR count). The lowest BCUT2D eigenvalue weighted by Gasteiger charge is -2.10. The Bertz CT molecular complexity index is 846. The molecule has 7 heteroatoms. The first kappa shape index (κ1) is 15.0. The minimum atomic E-state index is -0.390. The van der Waals surface area contributed by atoms with Gasteiger partial charge in [-0.1, -0.05) is 0 Å². The molecule has 0 fully saturated rings. The number of rotatable bonds is 4. The molecule has 2 heterocycles. The van der Waals surface area contributed by atoms with E-state index in [1.54, 1.807) is 35.4 Å². The molecule has 0 bridgehead atoms. The molecule has 3 aromatic rings. The van der Waals surface area contributed by atoms with Gasteiger partial charge in [0.25, 0.3) is 0 Å². The highest BCUT2D eigenvalue weighted by atomic mass is 19.1. The minimum Gasteiger partial charge on any atom is -0.497 e. The molecular formula is C16H16FN5O. The lowest BCUT2D eigenvalue weighted by Crippen LogP contribution is -2.00. The van der Waals surface area contributed by atoms with Gasteiger partial charge in [-0.3, -0.25) is 4.68 Å². The Morgan fingerprint density at radius 3 is 2.74 bits per heavy atom. The Morgan fingerprint density at radius 2 is 2.09 bits per heavy atom. The van der Waals surface area contributed by atoms with Gasteiger partial charge in [0, 0.05) is 31.1 Å². The van der Waals surface area contributed by atoms with Crippen LogP contribution in [-0.4, -0.2) is 26.9 Å². The van der Waals surface area contributed by atoms with Gasteiger partial charge in [-0.2, -0.15) is 5.10 Å². The van der Waals surface area contributed by atoms with Crippen molar-refractivity contribution in [1.82, 2.24) is 19.7 Å². The fourth-order valence-electron chi connectivity index (χ4n) is 2.20. The quantitative estimate of drug-likeness (QED) is 0.802. The third kappa shape index (κ3) is 3.13. The summed E-state index contributed by atoms with van der Waals surface area (Å²) in [4.78, 5) is 8.65. The summed E-state index contributed by atoms with van der Waals surface area (Å²) >= 11 is 0. The lowest BCUT2D eigenvalue weighted by molar-refractivity contribution is 0.411. The van der Waals surface area contributed by atoms with Crippen LogP contribution < -0.4 is 10.1 Å². The number of ether oxygens (including phenoxy) is 1. The van der Waals surface area contributed by atoms with Crippen LogP contribution in [0.4, 0.5) is 16.0 Å². The molecule has 6 nitrogen and oxygen atoms in total. The van der Waals surface area contributed by atoms with Crippen molar-refractivity contribution in [1.29, 1.82) is 0 Å². The van der Waals surface area contributed by atoms with Crippen LogP contribution in [0, 0.1) is 12.7 Å². The Hall–Kier alpha value is -2.96. The maximum atomic E-state index is 14.3. The first-order valence-electron chi connectivity index (χ1n) is 7.00. The van der Waals surface area contributed by atoms with E-state index in [2.05, 4.69) is 20.4 Å². The molecule has 0 radical (unpaired) electrons. The Labute approximate surface area is 133 Å². The fraction of sp³-hybridized carbons (Fsp3) is 0.188. The van der Waals surface area contributed by atoms with Gasteiger partial charge in [0.05, 0.1) is 24.7 Å². The number of nitrogens with one attached hydrogen (secondary N) is 1. The highest BCUT2D eigenvalue weighted by Crippen LogP contribution is 2.28. The number of benzene rings is 1. The predicted octanol–water partition coefficient (Wildman–Crippen LogP) is 3.08. The summed E-state index contributed by atoms with van der Waals surface area (Å²) in [6.07, 6.45) is 5.12. The summed E-state index contributed by atoms with van der Waals surface area (Å²) < 4.78 is 21.0. The first-order chi connectivity index (χ1) is 11.1. The van der Waals surface area contributed by atoms with Crippen molar-refractivity contribution in [2.75, 3.05) is 12.4 Å². The van der Waals surface area contributed by atoms with Crippen molar-refractivity contribution in [3.05, 3.63) is 48.2 Å². The molecule has 0 aliphatic rings. The van der Waals surface area contributed by atoms with E-state index in [0.29, 0.717) is 23.0 Å². The van der Waals surface area contributed by atoms with Crippen LogP contribution in [-0.2, 0) is 7.05 Å². The van der Waals surface area contributed by atoms with E-state index in [1.165, 1.54) is 13.2 Å². The number of halogens is 1. The summed E-state index contributed by atoms with van der Waals surface area (Å²) in [6, 6.07) is 4.69. The Kier molecular flexibility index (Phi) is 3.92. The standard InChI is InChI=1S/C16H16FN5O/c1-10-7-18-16(20-11-8-19-22(2)9-11)21-15(10)13-5-4-12(23-3)6-14(13)17/h4-9H,1-3H3,(H,18,20,21). The van der Waals surface area contributed by atoms with Crippen LogP contribution in [0.1, 0.15) is 5.56 Å². The molecule has 2 aromatic heterocycles. The number of hydrogen-bond donors (Lipinski definition) is 1. The summed E-state index contributed by atoms with van der Waals surface area (Å²) in [5.74, 6) is 0.457. The molecular weight excluding hydrogens is 297 g/mol. The third-order valence-electron chi connectivity index (χ3n) is 3.36. The van der Waals surface area contributed by atoms with Crippen LogP contribution in [0.5, 0.6) is 5.75 Å². The number of anilines is 2. The molecule has 0 spiro atoms. The fourth-order valence-corrected chi connectivity index (χ4v) is 2.20. The second-order valence-electron chi connectivity index (χ2n) is 5.10. The number of hydrogen-bond acceptors (Lipinski definition) is 5. The number of nitrogens with zero attached hydrogens (tertiary/aromatic N) is 4. The summed E-state index contributed by atoms with van der Waals surface area (Å²) in [6.45, 7) is 1.84. The molecule has 0 atom stereocenters. The average Bonchev–Trinajstić information content (AvgIpc) is 2.94. The second kappa shape index (κ2) is 6.04. The van der Waals surface area contributed by atoms with Crippen LogP contribution in [0.2, 0.25) is 0 Å². The van der Waals surface area contributed by atoms with Gasteiger partial charge < -0.3 is 10.1 Å². The van der Waals surface area contributed by atoms with Crippen molar-refractivity contribution in [3.63, 3.8) is 0 Å². The van der Waals surface area contributed by atoms with Gasteiger partial charge in [0.1, 0.15) is 11.6 Å². The zero-order chi connectivity index (χ0) is 16.4. The molecule has 1 aromatic carbocycles. The van der Waals surface area contributed by atoms with E-state index >= 15 is 0 Å². The van der Waals surface area contributed by atoms with Crippen molar-refractivity contribution in [2.45, 2.75) is 6.92 Å². The second-order valence-corrected chi connectivity index (χ2v) is 5.10. The number of methoxy groups -OCH3 is 1. The molecule has 0 amide bonds. The highest BCUT2D eigenvalue weighted by molar-refractivity contribution is 5.66. The Balaban J connectivity index is 1.97. The zero-order valence-electron chi connectivity index (χ0n) is 13.0. The van der Waals surface area contributed by atoms with E-state index in [4.69, 9.17) is 4.74 Å². The molecule has 23 heavy (non-hydrogen) atoms. The predicted molar refractivity (Wildman–Crippen MR) is 85.2 cm³/mol. The maximum absolute atomic E-state index is 14.3. The van der Waals surface area contributed by atoms with E-state index < -0.39 is 5.82 Å². The molecule has 0 saturated carbocycles. The van der Waals surface area contributed by atoms with Gasteiger partial charge in [0.2, 0.25) is 5.95 Å². The van der Waals surface area contributed by atoms with E-state index in [9.17, 15) is 4.39 Å². The first-order valence-corrected chi connectivity index (χ1v) is 7.00. The molecule has 0 aliphatic carbocycles. The van der Waals surface area contributed by atoms with Crippen molar-refractivity contribution in [2.24, 2.45) is 7.05 Å². The topological polar surface area (TPSA) is 64.9 Å². The van der Waals surface area contributed by atoms with Crippen molar-refractivity contribution in [3.8, 4) is 17.0 Å². The maximum Gasteiger partial charge on any atom is 0.227 e. The molecule has 0 aliphatic heterocycles. The van der Waals surface area contributed by atoms with Gasteiger partial charge in [-0.05, 0) is 24.6 Å². The van der Waals surface area contributed by atoms with Crippen LogP contribution in [0.15, 0.2) is 36.8 Å². The monoisotopic (exact) mass is 313 g/mol. The summed E-state index contributed by atoms with van der Waals surface area (Å²) in [7, 11) is 3.32. The average molecular weight is 313 g/mol.